The first-order valence-corrected chi connectivity index (χ1v) is 7.01. The lowest BCUT2D eigenvalue weighted by Gasteiger charge is -2.27. The van der Waals surface area contributed by atoms with Crippen LogP contribution >= 0.6 is 0 Å². The van der Waals surface area contributed by atoms with Gasteiger partial charge >= 0.3 is 5.97 Å². The summed E-state index contributed by atoms with van der Waals surface area (Å²) in [5.74, 6) is -0.126. The van der Waals surface area contributed by atoms with Crippen LogP contribution in [-0.4, -0.2) is 24.4 Å². The van der Waals surface area contributed by atoms with Crippen LogP contribution in [0.2, 0.25) is 0 Å². The molecular formula is C16H19NO3. The van der Waals surface area contributed by atoms with Crippen molar-refractivity contribution in [1.82, 2.24) is 5.32 Å². The van der Waals surface area contributed by atoms with Crippen LogP contribution in [0.3, 0.4) is 0 Å². The van der Waals surface area contributed by atoms with Gasteiger partial charge in [0.15, 0.2) is 0 Å². The van der Waals surface area contributed by atoms with Crippen molar-refractivity contribution < 1.29 is 14.3 Å². The standard InChI is InChI=1S/C16H19NO3/c1-16(15(19)20-2)11-8-9-12(18)13(11)14(17-16)10-6-4-3-5-7-10/h3-7,11,13-14,17H,8-9H2,1-2H3/t11-,13-,14+,16+/m0/s1. The third-order valence-corrected chi connectivity index (χ3v) is 4.83. The van der Waals surface area contributed by atoms with Gasteiger partial charge in [0.2, 0.25) is 0 Å². The monoisotopic (exact) mass is 273 g/mol. The van der Waals surface area contributed by atoms with E-state index in [4.69, 9.17) is 4.74 Å². The summed E-state index contributed by atoms with van der Waals surface area (Å²) >= 11 is 0. The first kappa shape index (κ1) is 13.3. The molecule has 1 aliphatic carbocycles. The van der Waals surface area contributed by atoms with Crippen molar-refractivity contribution in [3.05, 3.63) is 35.9 Å². The van der Waals surface area contributed by atoms with Gasteiger partial charge in [0.25, 0.3) is 0 Å². The van der Waals surface area contributed by atoms with Crippen molar-refractivity contribution in [1.29, 1.82) is 0 Å². The largest absolute Gasteiger partial charge is 0.468 e. The van der Waals surface area contributed by atoms with Crippen LogP contribution in [0.25, 0.3) is 0 Å². The highest BCUT2D eigenvalue weighted by Crippen LogP contribution is 2.50. The van der Waals surface area contributed by atoms with Gasteiger partial charge in [-0.2, -0.15) is 0 Å². The summed E-state index contributed by atoms with van der Waals surface area (Å²) in [5, 5.41) is 3.37. The summed E-state index contributed by atoms with van der Waals surface area (Å²) in [6, 6.07) is 9.78. The van der Waals surface area contributed by atoms with Gasteiger partial charge in [-0.3, -0.25) is 14.9 Å². The first-order chi connectivity index (χ1) is 9.58. The lowest BCUT2D eigenvalue weighted by molar-refractivity contribution is -0.149. The highest BCUT2D eigenvalue weighted by atomic mass is 16.5. The fraction of sp³-hybridized carbons (Fsp3) is 0.500. The number of carbonyl (C=O) groups excluding carboxylic acids is 2. The summed E-state index contributed by atoms with van der Waals surface area (Å²) in [6.07, 6.45) is 1.32. The van der Waals surface area contributed by atoms with E-state index in [9.17, 15) is 9.59 Å². The predicted molar refractivity (Wildman–Crippen MR) is 74.0 cm³/mol. The van der Waals surface area contributed by atoms with E-state index in [0.29, 0.717) is 6.42 Å². The topological polar surface area (TPSA) is 55.4 Å². The van der Waals surface area contributed by atoms with E-state index in [-0.39, 0.29) is 29.6 Å². The van der Waals surface area contributed by atoms with Crippen LogP contribution in [0, 0.1) is 11.8 Å². The second-order valence-electron chi connectivity index (χ2n) is 5.86. The Bertz CT molecular complexity index is 542. The quantitative estimate of drug-likeness (QED) is 0.836. The normalized spacial score (nSPS) is 35.9. The lowest BCUT2D eigenvalue weighted by Crippen LogP contribution is -2.50. The summed E-state index contributed by atoms with van der Waals surface area (Å²) in [7, 11) is 1.40. The molecular weight excluding hydrogens is 254 g/mol. The average Bonchev–Trinajstić information content (AvgIpc) is 3.00. The highest BCUT2D eigenvalue weighted by Gasteiger charge is 2.60. The summed E-state index contributed by atoms with van der Waals surface area (Å²) in [4.78, 5) is 24.4. The Morgan fingerprint density at radius 3 is 2.70 bits per heavy atom. The molecule has 1 aromatic carbocycles. The van der Waals surface area contributed by atoms with Crippen molar-refractivity contribution in [3.63, 3.8) is 0 Å². The molecule has 0 spiro atoms. The Kier molecular flexibility index (Phi) is 3.13. The minimum atomic E-state index is -0.772. The first-order valence-electron chi connectivity index (χ1n) is 7.01. The van der Waals surface area contributed by atoms with Crippen LogP contribution in [0.4, 0.5) is 0 Å². The molecule has 0 aromatic heterocycles. The van der Waals surface area contributed by atoms with Gasteiger partial charge in [0.1, 0.15) is 11.3 Å². The molecule has 1 saturated heterocycles. The van der Waals surface area contributed by atoms with E-state index in [1.807, 2.05) is 37.3 Å². The summed E-state index contributed by atoms with van der Waals surface area (Å²) in [5.41, 5.74) is 0.289. The van der Waals surface area contributed by atoms with E-state index in [1.165, 1.54) is 7.11 Å². The molecule has 0 bridgehead atoms. The smallest absolute Gasteiger partial charge is 0.326 e. The maximum Gasteiger partial charge on any atom is 0.326 e. The van der Waals surface area contributed by atoms with Gasteiger partial charge in [-0.05, 0) is 24.8 Å². The average molecular weight is 273 g/mol. The maximum absolute atomic E-state index is 12.2. The second kappa shape index (κ2) is 4.70. The van der Waals surface area contributed by atoms with Crippen molar-refractivity contribution in [2.24, 2.45) is 11.8 Å². The Hall–Kier alpha value is -1.68. The molecule has 1 N–H and O–H groups in total. The van der Waals surface area contributed by atoms with E-state index in [2.05, 4.69) is 5.32 Å². The zero-order valence-electron chi connectivity index (χ0n) is 11.8. The minimum Gasteiger partial charge on any atom is -0.468 e. The number of benzene rings is 1. The van der Waals surface area contributed by atoms with Crippen LogP contribution in [0.5, 0.6) is 0 Å². The Morgan fingerprint density at radius 2 is 2.05 bits per heavy atom. The van der Waals surface area contributed by atoms with Gasteiger partial charge in [-0.1, -0.05) is 30.3 Å². The van der Waals surface area contributed by atoms with E-state index in [1.54, 1.807) is 0 Å². The van der Waals surface area contributed by atoms with Crippen molar-refractivity contribution in [2.45, 2.75) is 31.3 Å². The van der Waals surface area contributed by atoms with Crippen molar-refractivity contribution >= 4 is 11.8 Å². The molecule has 1 heterocycles. The third-order valence-electron chi connectivity index (χ3n) is 4.83. The molecule has 0 amide bonds. The third kappa shape index (κ3) is 1.79. The Morgan fingerprint density at radius 1 is 1.35 bits per heavy atom. The van der Waals surface area contributed by atoms with E-state index in [0.717, 1.165) is 12.0 Å². The lowest BCUT2D eigenvalue weighted by atomic mass is 9.81. The zero-order valence-corrected chi connectivity index (χ0v) is 11.8. The second-order valence-corrected chi connectivity index (χ2v) is 5.86. The SMILES string of the molecule is COC(=O)[C@]1(C)N[C@H](c2ccccc2)[C@@H]2C(=O)CC[C@@H]21. The van der Waals surface area contributed by atoms with E-state index < -0.39 is 5.54 Å². The highest BCUT2D eigenvalue weighted by molar-refractivity contribution is 5.90. The molecule has 20 heavy (non-hydrogen) atoms. The Balaban J connectivity index is 2.01. The van der Waals surface area contributed by atoms with Crippen molar-refractivity contribution in [2.75, 3.05) is 7.11 Å². The molecule has 1 aromatic rings. The molecule has 2 aliphatic rings. The number of ketones is 1. The van der Waals surface area contributed by atoms with Gasteiger partial charge in [-0.15, -0.1) is 0 Å². The molecule has 4 nitrogen and oxygen atoms in total. The van der Waals surface area contributed by atoms with Crippen molar-refractivity contribution in [3.8, 4) is 0 Å². The molecule has 3 rings (SSSR count). The molecule has 4 heteroatoms. The van der Waals surface area contributed by atoms with Gasteiger partial charge < -0.3 is 4.74 Å². The minimum absolute atomic E-state index is 0.0210. The van der Waals surface area contributed by atoms with Crippen LogP contribution < -0.4 is 5.32 Å². The fourth-order valence-electron chi connectivity index (χ4n) is 3.83. The number of esters is 1. The molecule has 1 aliphatic heterocycles. The number of fused-ring (bicyclic) bond motifs is 1. The maximum atomic E-state index is 12.2. The number of nitrogens with one attached hydrogen (secondary N) is 1. The molecule has 4 atom stereocenters. The summed E-state index contributed by atoms with van der Waals surface area (Å²) < 4.78 is 4.95. The van der Waals surface area contributed by atoms with Crippen LogP contribution in [-0.2, 0) is 14.3 Å². The molecule has 106 valence electrons. The molecule has 0 radical (unpaired) electrons. The summed E-state index contributed by atoms with van der Waals surface area (Å²) in [6.45, 7) is 1.86. The zero-order chi connectivity index (χ0) is 14.3. The Labute approximate surface area is 118 Å². The van der Waals surface area contributed by atoms with Gasteiger partial charge in [0.05, 0.1) is 7.11 Å². The fourth-order valence-corrected chi connectivity index (χ4v) is 3.83. The number of rotatable bonds is 2. The number of carbonyl (C=O) groups is 2. The molecule has 1 saturated carbocycles. The van der Waals surface area contributed by atoms with Gasteiger partial charge in [0, 0.05) is 18.4 Å². The number of methoxy groups -OCH3 is 1. The number of hydrogen-bond acceptors (Lipinski definition) is 4. The van der Waals surface area contributed by atoms with Crippen LogP contribution in [0.1, 0.15) is 31.4 Å². The van der Waals surface area contributed by atoms with Crippen LogP contribution in [0.15, 0.2) is 30.3 Å². The number of Topliss-reactive ketones (excluding diaryl/α,β-unsaturated/α-hetero) is 1. The molecule has 0 unspecified atom stereocenters. The molecule has 2 fully saturated rings. The number of ether oxygens (including phenoxy) is 1. The predicted octanol–water partition coefficient (Wildman–Crippen LogP) is 1.86. The van der Waals surface area contributed by atoms with Gasteiger partial charge in [-0.25, -0.2) is 0 Å². The number of hydrogen-bond donors (Lipinski definition) is 1. The van der Waals surface area contributed by atoms with E-state index >= 15 is 0 Å².